The van der Waals surface area contributed by atoms with E-state index < -0.39 is 48.7 Å². The lowest BCUT2D eigenvalue weighted by molar-refractivity contribution is -0.0531. The Morgan fingerprint density at radius 2 is 2.04 bits per heavy atom. The van der Waals surface area contributed by atoms with E-state index >= 15 is 0 Å². The van der Waals surface area contributed by atoms with Crippen molar-refractivity contribution in [1.29, 1.82) is 0 Å². The van der Waals surface area contributed by atoms with Gasteiger partial charge in [-0.1, -0.05) is 13.8 Å². The molecule has 1 aromatic heterocycles. The SMILES string of the molecule is CCC(C)(C[C@H]1O[C@@H](c2cnc(=O)[nH]c2)[C@@H](F)C1O)OP(=O)(O)C(C)(O)CC. The fourth-order valence-corrected chi connectivity index (χ4v) is 4.33. The van der Waals surface area contributed by atoms with E-state index in [0.717, 1.165) is 0 Å². The first-order valence-corrected chi connectivity index (χ1v) is 10.7. The fourth-order valence-electron chi connectivity index (χ4n) is 2.94. The summed E-state index contributed by atoms with van der Waals surface area (Å²) in [6.07, 6.45) is -2.85. The number of H-pyrrole nitrogens is 1. The van der Waals surface area contributed by atoms with E-state index in [1.54, 1.807) is 20.8 Å². The lowest BCUT2D eigenvalue weighted by atomic mass is 9.92. The summed E-state index contributed by atoms with van der Waals surface area (Å²) in [5, 5.41) is 18.5. The molecule has 0 saturated carbocycles. The molecule has 0 amide bonds. The number of rotatable bonds is 8. The third-order valence-electron chi connectivity index (χ3n) is 5.34. The Morgan fingerprint density at radius 3 is 2.54 bits per heavy atom. The van der Waals surface area contributed by atoms with Crippen LogP contribution < -0.4 is 5.69 Å². The molecule has 160 valence electrons. The summed E-state index contributed by atoms with van der Waals surface area (Å²) < 4.78 is 38.2. The molecule has 28 heavy (non-hydrogen) atoms. The molecule has 11 heteroatoms. The maximum atomic E-state index is 14.6. The second-order valence-electron chi connectivity index (χ2n) is 7.57. The molecule has 1 saturated heterocycles. The van der Waals surface area contributed by atoms with Gasteiger partial charge in [-0.3, -0.25) is 4.57 Å². The first-order chi connectivity index (χ1) is 12.9. The van der Waals surface area contributed by atoms with Gasteiger partial charge < -0.3 is 29.4 Å². The zero-order valence-corrected chi connectivity index (χ0v) is 17.2. The molecular formula is C17H28FN2O7P. The van der Waals surface area contributed by atoms with Crippen LogP contribution in [0.25, 0.3) is 0 Å². The van der Waals surface area contributed by atoms with Crippen LogP contribution in [-0.2, 0) is 13.8 Å². The third-order valence-corrected chi connectivity index (χ3v) is 7.57. The van der Waals surface area contributed by atoms with Crippen LogP contribution in [0.3, 0.4) is 0 Å². The first-order valence-electron chi connectivity index (χ1n) is 9.14. The van der Waals surface area contributed by atoms with Gasteiger partial charge in [0.15, 0.2) is 11.5 Å². The van der Waals surface area contributed by atoms with Crippen molar-refractivity contribution < 1.29 is 33.3 Å². The zero-order valence-electron chi connectivity index (χ0n) is 16.3. The van der Waals surface area contributed by atoms with Gasteiger partial charge in [0.25, 0.3) is 0 Å². The summed E-state index contributed by atoms with van der Waals surface area (Å²) in [6, 6.07) is 0. The predicted octanol–water partition coefficient (Wildman–Crippen LogP) is 1.79. The standard InChI is InChI=1S/C17H28FN2O7P/c1-5-16(3,27-28(24,25)17(4,23)6-2)7-11-13(21)12(18)14(26-11)10-8-19-15(22)20-9-10/h8-9,11-14,21,23H,5-7H2,1-4H3,(H,24,25)(H,19,20,22)/t11-,12+,13?,14+,16?,17?/m1/s1. The second-order valence-corrected chi connectivity index (χ2v) is 9.76. The molecule has 2 rings (SSSR count). The van der Waals surface area contributed by atoms with Crippen LogP contribution in [0.2, 0.25) is 0 Å². The van der Waals surface area contributed by atoms with Crippen molar-refractivity contribution >= 4 is 7.60 Å². The highest BCUT2D eigenvalue weighted by molar-refractivity contribution is 7.54. The number of aliphatic hydroxyl groups is 2. The van der Waals surface area contributed by atoms with E-state index in [4.69, 9.17) is 9.26 Å². The first kappa shape index (κ1) is 23.1. The summed E-state index contributed by atoms with van der Waals surface area (Å²) >= 11 is 0. The number of aromatic amines is 1. The van der Waals surface area contributed by atoms with E-state index in [9.17, 15) is 28.9 Å². The summed E-state index contributed by atoms with van der Waals surface area (Å²) in [7, 11) is -4.43. The van der Waals surface area contributed by atoms with Crippen molar-refractivity contribution in [1.82, 2.24) is 9.97 Å². The highest BCUT2D eigenvalue weighted by atomic mass is 31.2. The minimum atomic E-state index is -4.43. The van der Waals surface area contributed by atoms with Crippen LogP contribution in [0.15, 0.2) is 17.2 Å². The Bertz CT molecular complexity index is 769. The lowest BCUT2D eigenvalue weighted by Gasteiger charge is -2.37. The average Bonchev–Trinajstić information content (AvgIpc) is 2.90. The third kappa shape index (κ3) is 4.69. The molecule has 9 nitrogen and oxygen atoms in total. The van der Waals surface area contributed by atoms with E-state index in [1.807, 2.05) is 0 Å². The largest absolute Gasteiger partial charge is 0.387 e. The van der Waals surface area contributed by atoms with Gasteiger partial charge in [-0.05, 0) is 26.7 Å². The lowest BCUT2D eigenvalue weighted by Crippen LogP contribution is -2.39. The molecule has 2 heterocycles. The maximum Gasteiger partial charge on any atom is 0.359 e. The molecule has 1 aliphatic rings. The van der Waals surface area contributed by atoms with E-state index in [2.05, 4.69) is 9.97 Å². The smallest absolute Gasteiger partial charge is 0.359 e. The van der Waals surface area contributed by atoms with Crippen LogP contribution in [0.4, 0.5) is 4.39 Å². The Labute approximate surface area is 162 Å². The molecule has 7 atom stereocenters. The Hall–Kier alpha value is -1.16. The number of alkyl halides is 1. The Kier molecular flexibility index (Phi) is 6.85. The van der Waals surface area contributed by atoms with Gasteiger partial charge in [0.05, 0.1) is 11.7 Å². The molecule has 0 aromatic carbocycles. The van der Waals surface area contributed by atoms with Gasteiger partial charge in [0, 0.05) is 24.4 Å². The van der Waals surface area contributed by atoms with Crippen LogP contribution in [0, 0.1) is 0 Å². The van der Waals surface area contributed by atoms with Gasteiger partial charge in [-0.25, -0.2) is 14.2 Å². The summed E-state index contributed by atoms with van der Waals surface area (Å²) in [5.74, 6) is 0. The highest BCUT2D eigenvalue weighted by Gasteiger charge is 2.51. The van der Waals surface area contributed by atoms with Gasteiger partial charge in [0.1, 0.15) is 12.2 Å². The number of hydrogen-bond donors (Lipinski definition) is 4. The topological polar surface area (TPSA) is 142 Å². The summed E-state index contributed by atoms with van der Waals surface area (Å²) in [6.45, 7) is 6.01. The van der Waals surface area contributed by atoms with Crippen molar-refractivity contribution in [2.24, 2.45) is 0 Å². The van der Waals surface area contributed by atoms with Gasteiger partial charge in [-0.2, -0.15) is 0 Å². The normalized spacial score (nSPS) is 31.7. The minimum Gasteiger partial charge on any atom is -0.387 e. The number of aromatic nitrogens is 2. The highest BCUT2D eigenvalue weighted by Crippen LogP contribution is 2.59. The molecule has 0 bridgehead atoms. The fraction of sp³-hybridized carbons (Fsp3) is 0.765. The molecule has 1 fully saturated rings. The van der Waals surface area contributed by atoms with Crippen LogP contribution in [0.1, 0.15) is 58.6 Å². The van der Waals surface area contributed by atoms with E-state index in [0.29, 0.717) is 0 Å². The van der Waals surface area contributed by atoms with Crippen molar-refractivity contribution in [3.05, 3.63) is 28.4 Å². The number of ether oxygens (including phenoxy) is 1. The van der Waals surface area contributed by atoms with Crippen LogP contribution in [-0.4, -0.2) is 54.4 Å². The second kappa shape index (κ2) is 8.30. The summed E-state index contributed by atoms with van der Waals surface area (Å²) in [4.78, 5) is 27.1. The van der Waals surface area contributed by atoms with E-state index in [1.165, 1.54) is 19.3 Å². The van der Waals surface area contributed by atoms with Crippen molar-refractivity contribution in [2.45, 2.75) is 82.4 Å². The Morgan fingerprint density at radius 1 is 1.39 bits per heavy atom. The number of hydrogen-bond acceptors (Lipinski definition) is 7. The molecule has 0 radical (unpaired) electrons. The van der Waals surface area contributed by atoms with Crippen LogP contribution in [0.5, 0.6) is 0 Å². The number of halogens is 1. The molecule has 0 aliphatic carbocycles. The van der Waals surface area contributed by atoms with Gasteiger partial charge in [0.2, 0.25) is 0 Å². The monoisotopic (exact) mass is 422 g/mol. The molecule has 4 N–H and O–H groups in total. The number of nitrogens with zero attached hydrogens (tertiary/aromatic N) is 1. The molecule has 1 aliphatic heterocycles. The van der Waals surface area contributed by atoms with Crippen molar-refractivity contribution in [2.75, 3.05) is 0 Å². The summed E-state index contributed by atoms with van der Waals surface area (Å²) in [5.41, 5.74) is -1.59. The Balaban J connectivity index is 2.18. The number of nitrogens with one attached hydrogen (secondary N) is 1. The zero-order chi connectivity index (χ0) is 21.3. The van der Waals surface area contributed by atoms with Gasteiger partial charge >= 0.3 is 13.3 Å². The maximum absolute atomic E-state index is 14.6. The predicted molar refractivity (Wildman–Crippen MR) is 98.5 cm³/mol. The van der Waals surface area contributed by atoms with E-state index in [-0.39, 0.29) is 24.8 Å². The molecular weight excluding hydrogens is 394 g/mol. The molecule has 4 unspecified atom stereocenters. The quantitative estimate of drug-likeness (QED) is 0.465. The van der Waals surface area contributed by atoms with Crippen molar-refractivity contribution in [3.63, 3.8) is 0 Å². The average molecular weight is 422 g/mol. The molecule has 1 aromatic rings. The van der Waals surface area contributed by atoms with Crippen LogP contribution >= 0.6 is 7.60 Å². The number of aliphatic hydroxyl groups excluding tert-OH is 1. The molecule has 0 spiro atoms. The minimum absolute atomic E-state index is 0.00301. The van der Waals surface area contributed by atoms with Crippen molar-refractivity contribution in [3.8, 4) is 0 Å². The van der Waals surface area contributed by atoms with Gasteiger partial charge in [-0.15, -0.1) is 0 Å².